The number of halogens is 1. The molecular formula is C15H13BrN4O. The van der Waals surface area contributed by atoms with Gasteiger partial charge in [-0.05, 0) is 30.3 Å². The predicted molar refractivity (Wildman–Crippen MR) is 83.2 cm³/mol. The van der Waals surface area contributed by atoms with Gasteiger partial charge >= 0.3 is 0 Å². The van der Waals surface area contributed by atoms with Crippen molar-refractivity contribution < 1.29 is 4.79 Å². The van der Waals surface area contributed by atoms with Gasteiger partial charge in [0, 0.05) is 29.2 Å². The fourth-order valence-corrected chi connectivity index (χ4v) is 2.48. The molecule has 6 heteroatoms. The molecule has 21 heavy (non-hydrogen) atoms. The summed E-state index contributed by atoms with van der Waals surface area (Å²) in [6.07, 6.45) is 2.55. The first-order valence-corrected chi connectivity index (χ1v) is 7.36. The van der Waals surface area contributed by atoms with Gasteiger partial charge in [0.25, 0.3) is 5.91 Å². The fraction of sp³-hybridized carbons (Fsp3) is 0.133. The van der Waals surface area contributed by atoms with E-state index in [-0.39, 0.29) is 5.91 Å². The Hall–Kier alpha value is -2.21. The maximum Gasteiger partial charge on any atom is 0.251 e. The zero-order chi connectivity index (χ0) is 14.7. The zero-order valence-electron chi connectivity index (χ0n) is 11.2. The number of rotatable bonds is 4. The van der Waals surface area contributed by atoms with Gasteiger partial charge in [0.1, 0.15) is 5.82 Å². The zero-order valence-corrected chi connectivity index (χ0v) is 12.7. The molecule has 106 valence electrons. The van der Waals surface area contributed by atoms with Gasteiger partial charge in [0.15, 0.2) is 5.65 Å². The highest BCUT2D eigenvalue weighted by atomic mass is 79.9. The van der Waals surface area contributed by atoms with Gasteiger partial charge in [-0.2, -0.15) is 0 Å². The van der Waals surface area contributed by atoms with E-state index in [4.69, 9.17) is 0 Å². The molecule has 1 aromatic carbocycles. The molecule has 1 amide bonds. The molecule has 1 N–H and O–H groups in total. The van der Waals surface area contributed by atoms with Crippen molar-refractivity contribution in [2.45, 2.75) is 6.42 Å². The quantitative estimate of drug-likeness (QED) is 0.790. The van der Waals surface area contributed by atoms with Gasteiger partial charge in [0.05, 0.1) is 0 Å². The average Bonchev–Trinajstić information content (AvgIpc) is 2.91. The second kappa shape index (κ2) is 6.05. The number of benzene rings is 1. The Kier molecular flexibility index (Phi) is 3.96. The van der Waals surface area contributed by atoms with Crippen LogP contribution in [0.3, 0.4) is 0 Å². The first kappa shape index (κ1) is 13.8. The molecule has 0 aliphatic carbocycles. The van der Waals surface area contributed by atoms with E-state index in [0.29, 0.717) is 18.5 Å². The standard InChI is InChI=1S/C15H13BrN4O/c16-12-5-3-4-11(10-12)15(21)17-8-7-14-19-18-13-6-1-2-9-20(13)14/h1-6,9-10H,7-8H2,(H,17,21). The summed E-state index contributed by atoms with van der Waals surface area (Å²) in [6, 6.07) is 13.1. The molecule has 0 aliphatic heterocycles. The van der Waals surface area contributed by atoms with Crippen LogP contribution < -0.4 is 5.32 Å². The minimum absolute atomic E-state index is 0.0925. The van der Waals surface area contributed by atoms with Crippen LogP contribution in [0.4, 0.5) is 0 Å². The summed E-state index contributed by atoms with van der Waals surface area (Å²) >= 11 is 3.36. The number of amides is 1. The fourth-order valence-electron chi connectivity index (χ4n) is 2.08. The van der Waals surface area contributed by atoms with Crippen LogP contribution in [0.15, 0.2) is 53.1 Å². The summed E-state index contributed by atoms with van der Waals surface area (Å²) < 4.78 is 2.81. The normalized spacial score (nSPS) is 10.7. The van der Waals surface area contributed by atoms with Crippen LogP contribution in [0.2, 0.25) is 0 Å². The Morgan fingerprint density at radius 3 is 2.95 bits per heavy atom. The Morgan fingerprint density at radius 2 is 2.10 bits per heavy atom. The highest BCUT2D eigenvalue weighted by molar-refractivity contribution is 9.10. The van der Waals surface area contributed by atoms with Gasteiger partial charge in [-0.25, -0.2) is 0 Å². The summed E-state index contributed by atoms with van der Waals surface area (Å²) in [5.41, 5.74) is 1.45. The number of hydrogen-bond acceptors (Lipinski definition) is 3. The SMILES string of the molecule is O=C(NCCc1nnc2ccccn12)c1cccc(Br)c1. The topological polar surface area (TPSA) is 59.3 Å². The highest BCUT2D eigenvalue weighted by Gasteiger charge is 2.07. The number of nitrogens with one attached hydrogen (secondary N) is 1. The predicted octanol–water partition coefficient (Wildman–Crippen LogP) is 2.46. The molecule has 0 saturated heterocycles. The summed E-state index contributed by atoms with van der Waals surface area (Å²) in [5.74, 6) is 0.741. The molecule has 0 aliphatic rings. The lowest BCUT2D eigenvalue weighted by Crippen LogP contribution is -2.26. The van der Waals surface area contributed by atoms with Crippen molar-refractivity contribution in [1.29, 1.82) is 0 Å². The van der Waals surface area contributed by atoms with Crippen LogP contribution in [-0.2, 0) is 6.42 Å². The van der Waals surface area contributed by atoms with E-state index in [1.54, 1.807) is 12.1 Å². The van der Waals surface area contributed by atoms with Crippen LogP contribution in [-0.4, -0.2) is 27.0 Å². The number of aromatic nitrogens is 3. The van der Waals surface area contributed by atoms with Crippen molar-refractivity contribution in [1.82, 2.24) is 19.9 Å². The highest BCUT2D eigenvalue weighted by Crippen LogP contribution is 2.11. The number of nitrogens with zero attached hydrogens (tertiary/aromatic N) is 3. The van der Waals surface area contributed by atoms with E-state index < -0.39 is 0 Å². The van der Waals surface area contributed by atoms with Crippen molar-refractivity contribution in [3.63, 3.8) is 0 Å². The summed E-state index contributed by atoms with van der Waals surface area (Å²) in [4.78, 5) is 12.0. The Bertz CT molecular complexity index is 784. The van der Waals surface area contributed by atoms with Crippen LogP contribution in [0.25, 0.3) is 5.65 Å². The lowest BCUT2D eigenvalue weighted by molar-refractivity contribution is 0.0954. The molecule has 5 nitrogen and oxygen atoms in total. The van der Waals surface area contributed by atoms with Gasteiger partial charge in [-0.1, -0.05) is 28.1 Å². The van der Waals surface area contributed by atoms with E-state index in [1.807, 2.05) is 40.9 Å². The van der Waals surface area contributed by atoms with E-state index in [0.717, 1.165) is 15.9 Å². The van der Waals surface area contributed by atoms with Crippen molar-refractivity contribution in [3.8, 4) is 0 Å². The first-order chi connectivity index (χ1) is 10.2. The molecule has 3 rings (SSSR count). The molecule has 0 bridgehead atoms. The molecule has 0 atom stereocenters. The lowest BCUT2D eigenvalue weighted by atomic mass is 10.2. The number of hydrogen-bond donors (Lipinski definition) is 1. The van der Waals surface area contributed by atoms with E-state index in [2.05, 4.69) is 31.4 Å². The summed E-state index contributed by atoms with van der Waals surface area (Å²) in [5, 5.41) is 11.1. The van der Waals surface area contributed by atoms with Crippen LogP contribution in [0.5, 0.6) is 0 Å². The molecule has 0 radical (unpaired) electrons. The van der Waals surface area contributed by atoms with Crippen LogP contribution in [0.1, 0.15) is 16.2 Å². The summed E-state index contributed by atoms with van der Waals surface area (Å²) in [7, 11) is 0. The molecule has 0 unspecified atom stereocenters. The Labute approximate surface area is 130 Å². The molecule has 3 aromatic rings. The van der Waals surface area contributed by atoms with Crippen molar-refractivity contribution >= 4 is 27.5 Å². The van der Waals surface area contributed by atoms with Crippen molar-refractivity contribution in [2.75, 3.05) is 6.54 Å². The van der Waals surface area contributed by atoms with Gasteiger partial charge < -0.3 is 5.32 Å². The van der Waals surface area contributed by atoms with Gasteiger partial charge in [-0.15, -0.1) is 10.2 Å². The first-order valence-electron chi connectivity index (χ1n) is 6.56. The number of fused-ring (bicyclic) bond motifs is 1. The maximum absolute atomic E-state index is 12.0. The third-order valence-electron chi connectivity index (χ3n) is 3.11. The van der Waals surface area contributed by atoms with Crippen LogP contribution in [0, 0.1) is 0 Å². The van der Waals surface area contributed by atoms with Crippen molar-refractivity contribution in [2.24, 2.45) is 0 Å². The second-order valence-electron chi connectivity index (χ2n) is 4.56. The molecule has 2 aromatic heterocycles. The largest absolute Gasteiger partial charge is 0.352 e. The Morgan fingerprint density at radius 1 is 1.19 bits per heavy atom. The molecular weight excluding hydrogens is 332 g/mol. The third kappa shape index (κ3) is 3.11. The lowest BCUT2D eigenvalue weighted by Gasteiger charge is -2.05. The number of carbonyl (C=O) groups excluding carboxylic acids is 1. The van der Waals surface area contributed by atoms with Gasteiger partial charge in [0.2, 0.25) is 0 Å². The van der Waals surface area contributed by atoms with Crippen molar-refractivity contribution in [3.05, 3.63) is 64.5 Å². The molecule has 0 saturated carbocycles. The van der Waals surface area contributed by atoms with E-state index in [1.165, 1.54) is 0 Å². The number of carbonyl (C=O) groups is 1. The van der Waals surface area contributed by atoms with Gasteiger partial charge in [-0.3, -0.25) is 9.20 Å². The van der Waals surface area contributed by atoms with Crippen LogP contribution >= 0.6 is 15.9 Å². The Balaban J connectivity index is 1.62. The maximum atomic E-state index is 12.0. The van der Waals surface area contributed by atoms with E-state index >= 15 is 0 Å². The summed E-state index contributed by atoms with van der Waals surface area (Å²) in [6.45, 7) is 0.515. The second-order valence-corrected chi connectivity index (χ2v) is 5.48. The minimum atomic E-state index is -0.0925. The molecule has 0 fully saturated rings. The molecule has 2 heterocycles. The number of pyridine rings is 1. The van der Waals surface area contributed by atoms with E-state index in [9.17, 15) is 4.79 Å². The average molecular weight is 345 g/mol. The minimum Gasteiger partial charge on any atom is -0.352 e. The smallest absolute Gasteiger partial charge is 0.251 e. The molecule has 0 spiro atoms. The monoisotopic (exact) mass is 344 g/mol. The third-order valence-corrected chi connectivity index (χ3v) is 3.60.